The van der Waals surface area contributed by atoms with Gasteiger partial charge in [0.05, 0.1) is 5.00 Å². The fourth-order valence-electron chi connectivity index (χ4n) is 2.07. The Kier molecular flexibility index (Phi) is 3.34. The zero-order chi connectivity index (χ0) is 13.1. The average Bonchev–Trinajstić information content (AvgIpc) is 2.96. The summed E-state index contributed by atoms with van der Waals surface area (Å²) in [7, 11) is 0. The Balaban J connectivity index is 2.10. The summed E-state index contributed by atoms with van der Waals surface area (Å²) in [6.45, 7) is 2.11. The van der Waals surface area contributed by atoms with E-state index in [1.54, 1.807) is 11.3 Å². The average molecular weight is 265 g/mol. The van der Waals surface area contributed by atoms with Gasteiger partial charge in [-0.05, 0) is 48.7 Å². The molecule has 2 heteroatoms. The van der Waals surface area contributed by atoms with Crippen molar-refractivity contribution in [2.24, 2.45) is 0 Å². The van der Waals surface area contributed by atoms with Crippen LogP contribution in [0.4, 0.5) is 16.4 Å². The van der Waals surface area contributed by atoms with Crippen molar-refractivity contribution >= 4 is 27.7 Å². The van der Waals surface area contributed by atoms with Crippen LogP contribution < -0.4 is 4.90 Å². The van der Waals surface area contributed by atoms with Crippen LogP contribution in [0.2, 0.25) is 0 Å². The maximum absolute atomic E-state index is 2.28. The molecule has 19 heavy (non-hydrogen) atoms. The second-order valence-corrected chi connectivity index (χ2v) is 5.38. The number of hydrogen-bond acceptors (Lipinski definition) is 2. The molecule has 0 aliphatic rings. The van der Waals surface area contributed by atoms with Crippen LogP contribution in [-0.2, 0) is 0 Å². The molecule has 1 heterocycles. The fraction of sp³-hybridized carbons (Fsp3) is 0.0588. The molecule has 0 radical (unpaired) electrons. The van der Waals surface area contributed by atoms with Gasteiger partial charge in [-0.1, -0.05) is 35.9 Å². The van der Waals surface area contributed by atoms with Crippen molar-refractivity contribution in [3.05, 3.63) is 77.7 Å². The van der Waals surface area contributed by atoms with Crippen LogP contribution in [-0.4, -0.2) is 0 Å². The van der Waals surface area contributed by atoms with E-state index in [1.165, 1.54) is 21.9 Å². The highest BCUT2D eigenvalue weighted by Crippen LogP contribution is 2.36. The lowest BCUT2D eigenvalue weighted by Crippen LogP contribution is -2.07. The normalized spacial score (nSPS) is 10.4. The Hall–Kier alpha value is -2.06. The largest absolute Gasteiger partial charge is 0.302 e. The van der Waals surface area contributed by atoms with E-state index >= 15 is 0 Å². The van der Waals surface area contributed by atoms with E-state index in [9.17, 15) is 0 Å². The van der Waals surface area contributed by atoms with Crippen molar-refractivity contribution in [2.75, 3.05) is 4.90 Å². The summed E-state index contributed by atoms with van der Waals surface area (Å²) in [5.41, 5.74) is 3.66. The zero-order valence-electron chi connectivity index (χ0n) is 10.8. The Bertz CT molecular complexity index is 627. The number of thiophene rings is 1. The molecule has 2 aromatic carbocycles. The van der Waals surface area contributed by atoms with E-state index in [1.807, 2.05) is 6.07 Å². The summed E-state index contributed by atoms with van der Waals surface area (Å²) in [5.74, 6) is 0. The molecule has 0 N–H and O–H groups in total. The predicted octanol–water partition coefficient (Wildman–Crippen LogP) is 5.53. The van der Waals surface area contributed by atoms with Gasteiger partial charge in [-0.3, -0.25) is 0 Å². The van der Waals surface area contributed by atoms with E-state index in [-0.39, 0.29) is 0 Å². The first-order valence-electron chi connectivity index (χ1n) is 6.30. The monoisotopic (exact) mass is 265 g/mol. The van der Waals surface area contributed by atoms with E-state index in [4.69, 9.17) is 0 Å². The van der Waals surface area contributed by atoms with E-state index in [0.717, 1.165) is 0 Å². The van der Waals surface area contributed by atoms with Crippen LogP contribution >= 0.6 is 11.3 Å². The molecule has 0 fully saturated rings. The molecule has 1 aromatic heterocycles. The molecule has 3 aromatic rings. The van der Waals surface area contributed by atoms with Crippen LogP contribution in [0.5, 0.6) is 0 Å². The first-order valence-corrected chi connectivity index (χ1v) is 7.18. The Morgan fingerprint density at radius 3 is 2.05 bits per heavy atom. The molecule has 0 amide bonds. The van der Waals surface area contributed by atoms with Crippen molar-refractivity contribution in [3.63, 3.8) is 0 Å². The summed E-state index contributed by atoms with van der Waals surface area (Å²) >= 11 is 1.75. The molecule has 0 unspecified atom stereocenters. The highest BCUT2D eigenvalue weighted by molar-refractivity contribution is 7.14. The molecule has 94 valence electrons. The summed E-state index contributed by atoms with van der Waals surface area (Å²) in [4.78, 5) is 2.28. The van der Waals surface area contributed by atoms with Gasteiger partial charge in [-0.25, -0.2) is 0 Å². The Labute approximate surface area is 117 Å². The van der Waals surface area contributed by atoms with Crippen LogP contribution in [0.15, 0.2) is 72.1 Å². The minimum atomic E-state index is 1.19. The van der Waals surface area contributed by atoms with Crippen molar-refractivity contribution in [3.8, 4) is 0 Å². The summed E-state index contributed by atoms with van der Waals surface area (Å²) in [5, 5.41) is 3.34. The molecular weight excluding hydrogens is 250 g/mol. The lowest BCUT2D eigenvalue weighted by molar-refractivity contribution is 1.30. The maximum Gasteiger partial charge on any atom is 0.0999 e. The van der Waals surface area contributed by atoms with Gasteiger partial charge in [0.2, 0.25) is 0 Å². The highest BCUT2D eigenvalue weighted by Gasteiger charge is 2.12. The molecule has 0 saturated heterocycles. The molecule has 1 nitrogen and oxygen atoms in total. The number of benzene rings is 2. The first-order chi connectivity index (χ1) is 9.34. The van der Waals surface area contributed by atoms with Gasteiger partial charge >= 0.3 is 0 Å². The lowest BCUT2D eigenvalue weighted by Gasteiger charge is -2.23. The van der Waals surface area contributed by atoms with Gasteiger partial charge in [-0.15, -0.1) is 11.3 Å². The second kappa shape index (κ2) is 5.29. The zero-order valence-corrected chi connectivity index (χ0v) is 11.6. The van der Waals surface area contributed by atoms with Gasteiger partial charge in [0.1, 0.15) is 0 Å². The third-order valence-electron chi connectivity index (χ3n) is 3.03. The molecule has 0 bridgehead atoms. The first kappa shape index (κ1) is 12.0. The summed E-state index contributed by atoms with van der Waals surface area (Å²) < 4.78 is 0. The van der Waals surface area contributed by atoms with Crippen LogP contribution in [0.3, 0.4) is 0 Å². The van der Waals surface area contributed by atoms with Gasteiger partial charge in [0.15, 0.2) is 0 Å². The van der Waals surface area contributed by atoms with E-state index < -0.39 is 0 Å². The molecule has 3 rings (SSSR count). The van der Waals surface area contributed by atoms with Crippen molar-refractivity contribution in [2.45, 2.75) is 6.92 Å². The maximum atomic E-state index is 2.28. The molecule has 0 spiro atoms. The SMILES string of the molecule is Cc1ccc(N(c2ccccc2)c2cccs2)cc1. The molecule has 0 saturated carbocycles. The molecule has 0 atom stereocenters. The fourth-order valence-corrected chi connectivity index (χ4v) is 2.84. The van der Waals surface area contributed by atoms with Crippen molar-refractivity contribution in [1.82, 2.24) is 0 Å². The van der Waals surface area contributed by atoms with Gasteiger partial charge in [-0.2, -0.15) is 0 Å². The van der Waals surface area contributed by atoms with Crippen molar-refractivity contribution in [1.29, 1.82) is 0 Å². The van der Waals surface area contributed by atoms with E-state index in [2.05, 4.69) is 77.9 Å². The second-order valence-electron chi connectivity index (χ2n) is 4.46. The standard InChI is InChI=1S/C17H15NS/c1-14-9-11-16(12-10-14)18(17-8-5-13-19-17)15-6-3-2-4-7-15/h2-13H,1H3. The van der Waals surface area contributed by atoms with Crippen LogP contribution in [0.25, 0.3) is 0 Å². The number of hydrogen-bond donors (Lipinski definition) is 0. The Morgan fingerprint density at radius 1 is 0.737 bits per heavy atom. The number of anilines is 3. The number of rotatable bonds is 3. The summed E-state index contributed by atoms with van der Waals surface area (Å²) in [6, 6.07) is 23.3. The number of nitrogens with zero attached hydrogens (tertiary/aromatic N) is 1. The minimum absolute atomic E-state index is 1.19. The van der Waals surface area contributed by atoms with E-state index in [0.29, 0.717) is 0 Å². The molecular formula is C17H15NS. The van der Waals surface area contributed by atoms with Crippen molar-refractivity contribution < 1.29 is 0 Å². The minimum Gasteiger partial charge on any atom is -0.302 e. The number of aryl methyl sites for hydroxylation is 1. The van der Waals surface area contributed by atoms with Gasteiger partial charge in [0.25, 0.3) is 0 Å². The smallest absolute Gasteiger partial charge is 0.0999 e. The molecule has 0 aliphatic heterocycles. The van der Waals surface area contributed by atoms with Gasteiger partial charge < -0.3 is 4.90 Å². The predicted molar refractivity (Wildman–Crippen MR) is 83.7 cm³/mol. The highest BCUT2D eigenvalue weighted by atomic mass is 32.1. The third-order valence-corrected chi connectivity index (χ3v) is 3.89. The van der Waals surface area contributed by atoms with Crippen LogP contribution in [0.1, 0.15) is 5.56 Å². The lowest BCUT2D eigenvalue weighted by atomic mass is 10.2. The Morgan fingerprint density at radius 2 is 1.42 bits per heavy atom. The van der Waals surface area contributed by atoms with Gasteiger partial charge in [0, 0.05) is 11.4 Å². The topological polar surface area (TPSA) is 3.24 Å². The van der Waals surface area contributed by atoms with Crippen LogP contribution in [0, 0.1) is 6.92 Å². The number of para-hydroxylation sites is 1. The quantitative estimate of drug-likeness (QED) is 0.602. The third kappa shape index (κ3) is 2.54. The molecule has 0 aliphatic carbocycles. The summed E-state index contributed by atoms with van der Waals surface area (Å²) in [6.07, 6.45) is 0.